The second-order valence-corrected chi connectivity index (χ2v) is 4.93. The average molecular weight is 267 g/mol. The van der Waals surface area contributed by atoms with Gasteiger partial charge in [0.15, 0.2) is 6.07 Å². The molecule has 0 aliphatic heterocycles. The van der Waals surface area contributed by atoms with Crippen molar-refractivity contribution >= 4 is 17.5 Å². The van der Waals surface area contributed by atoms with Gasteiger partial charge in [-0.25, -0.2) is 0 Å². The fraction of sp³-hybridized carbons (Fsp3) is 0.385. The maximum absolute atomic E-state index is 10.9. The Hall–Kier alpha value is -1.73. The molecule has 4 nitrogen and oxygen atoms in total. The first-order valence-corrected chi connectivity index (χ1v) is 5.80. The fourth-order valence-electron chi connectivity index (χ4n) is 1.61. The Bertz CT molecular complexity index is 492. The number of hydrogen-bond acceptors (Lipinski definition) is 3. The lowest BCUT2D eigenvalue weighted by molar-refractivity contribution is -0.116. The topological polar surface area (TPSA) is 62.1 Å². The summed E-state index contributed by atoms with van der Waals surface area (Å²) in [5.74, 6) is 0.0355. The molecule has 0 atom stereocenters. The molecular formula is C13H15ClN2O2. The van der Waals surface area contributed by atoms with E-state index in [9.17, 15) is 4.79 Å². The van der Waals surface area contributed by atoms with Crippen molar-refractivity contribution in [3.05, 3.63) is 28.8 Å². The van der Waals surface area contributed by atoms with Gasteiger partial charge in [-0.3, -0.25) is 4.79 Å². The van der Waals surface area contributed by atoms with Gasteiger partial charge >= 0.3 is 5.91 Å². The molecule has 0 fully saturated rings. The van der Waals surface area contributed by atoms with Crippen LogP contribution in [0.4, 0.5) is 0 Å². The van der Waals surface area contributed by atoms with Crippen molar-refractivity contribution in [3.8, 4) is 11.8 Å². The summed E-state index contributed by atoms with van der Waals surface area (Å²) in [6.45, 7) is 4.22. The molecule has 0 saturated heterocycles. The number of nitrogens with one attached hydrogen (secondary N) is 1. The van der Waals surface area contributed by atoms with E-state index in [-0.39, 0.29) is 5.41 Å². The summed E-state index contributed by atoms with van der Waals surface area (Å²) in [6.07, 6.45) is 0. The second-order valence-electron chi connectivity index (χ2n) is 4.52. The van der Waals surface area contributed by atoms with Crippen LogP contribution in [0.3, 0.4) is 0 Å². The largest absolute Gasteiger partial charge is 0.497 e. The molecule has 0 aliphatic rings. The molecular weight excluding hydrogens is 252 g/mol. The number of methoxy groups -OCH3 is 1. The summed E-state index contributed by atoms with van der Waals surface area (Å²) in [6, 6.07) is 6.92. The summed E-state index contributed by atoms with van der Waals surface area (Å²) < 4.78 is 5.08. The first-order valence-electron chi connectivity index (χ1n) is 5.42. The Labute approximate surface area is 112 Å². The molecule has 0 spiro atoms. The minimum Gasteiger partial charge on any atom is -0.497 e. The predicted octanol–water partition coefficient (Wildman–Crippen LogP) is 2.27. The molecule has 1 aromatic rings. The van der Waals surface area contributed by atoms with Crippen LogP contribution in [-0.2, 0) is 10.2 Å². The zero-order chi connectivity index (χ0) is 13.8. The highest BCUT2D eigenvalue weighted by Crippen LogP contribution is 2.32. The second kappa shape index (κ2) is 5.74. The number of carbonyl (C=O) groups is 1. The summed E-state index contributed by atoms with van der Waals surface area (Å²) in [5, 5.41) is 11.5. The van der Waals surface area contributed by atoms with Crippen molar-refractivity contribution < 1.29 is 9.53 Å². The SMILES string of the molecule is COc1ccc(C(C)(C)CNC(=O)C#N)c(Cl)c1. The quantitative estimate of drug-likeness (QED) is 0.851. The van der Waals surface area contributed by atoms with E-state index < -0.39 is 5.91 Å². The Balaban J connectivity index is 2.91. The number of nitrogens with zero attached hydrogens (tertiary/aromatic N) is 1. The fourth-order valence-corrected chi connectivity index (χ4v) is 2.03. The van der Waals surface area contributed by atoms with Crippen molar-refractivity contribution in [3.63, 3.8) is 0 Å². The summed E-state index contributed by atoms with van der Waals surface area (Å²) in [7, 11) is 1.57. The normalized spacial score (nSPS) is 10.6. The molecule has 0 aromatic heterocycles. The lowest BCUT2D eigenvalue weighted by Gasteiger charge is -2.26. The zero-order valence-corrected chi connectivity index (χ0v) is 11.3. The van der Waals surface area contributed by atoms with Crippen LogP contribution in [-0.4, -0.2) is 19.6 Å². The maximum Gasteiger partial charge on any atom is 0.322 e. The monoisotopic (exact) mass is 266 g/mol. The molecule has 0 saturated carbocycles. The molecule has 0 unspecified atom stereocenters. The smallest absolute Gasteiger partial charge is 0.322 e. The van der Waals surface area contributed by atoms with E-state index in [1.165, 1.54) is 6.07 Å². The van der Waals surface area contributed by atoms with Crippen molar-refractivity contribution in [2.45, 2.75) is 19.3 Å². The van der Waals surface area contributed by atoms with Crippen LogP contribution in [0.2, 0.25) is 5.02 Å². The molecule has 96 valence electrons. The summed E-state index contributed by atoms with van der Waals surface area (Å²) >= 11 is 6.18. The van der Waals surface area contributed by atoms with E-state index in [1.807, 2.05) is 26.0 Å². The number of benzene rings is 1. The highest BCUT2D eigenvalue weighted by atomic mass is 35.5. The number of carbonyl (C=O) groups excluding carboxylic acids is 1. The van der Waals surface area contributed by atoms with Gasteiger partial charge in [0, 0.05) is 17.0 Å². The molecule has 0 heterocycles. The van der Waals surface area contributed by atoms with E-state index in [0.717, 1.165) is 5.56 Å². The first kappa shape index (κ1) is 14.3. The Morgan fingerprint density at radius 2 is 2.22 bits per heavy atom. The summed E-state index contributed by atoms with van der Waals surface area (Å²) in [4.78, 5) is 10.9. The number of nitriles is 1. The van der Waals surface area contributed by atoms with Gasteiger partial charge in [0.05, 0.1) is 7.11 Å². The van der Waals surface area contributed by atoms with Gasteiger partial charge in [0.2, 0.25) is 0 Å². The Morgan fingerprint density at radius 1 is 1.56 bits per heavy atom. The van der Waals surface area contributed by atoms with E-state index in [4.69, 9.17) is 21.6 Å². The van der Waals surface area contributed by atoms with Crippen LogP contribution >= 0.6 is 11.6 Å². The van der Waals surface area contributed by atoms with Crippen LogP contribution in [0.15, 0.2) is 18.2 Å². The zero-order valence-electron chi connectivity index (χ0n) is 10.6. The minimum absolute atomic E-state index is 0.339. The Kier molecular flexibility index (Phi) is 4.57. The third-order valence-electron chi connectivity index (χ3n) is 2.70. The van der Waals surface area contributed by atoms with Crippen LogP contribution < -0.4 is 10.1 Å². The summed E-state index contributed by atoms with van der Waals surface area (Å²) in [5.41, 5.74) is 0.527. The number of halogens is 1. The molecule has 18 heavy (non-hydrogen) atoms. The molecule has 1 amide bonds. The number of amides is 1. The number of ether oxygens (including phenoxy) is 1. The van der Waals surface area contributed by atoms with Gasteiger partial charge in [0.25, 0.3) is 0 Å². The average Bonchev–Trinajstić information content (AvgIpc) is 2.35. The van der Waals surface area contributed by atoms with Crippen LogP contribution in [0.25, 0.3) is 0 Å². The molecule has 1 rings (SSSR count). The molecule has 0 radical (unpaired) electrons. The minimum atomic E-state index is -0.646. The third-order valence-corrected chi connectivity index (χ3v) is 3.01. The van der Waals surface area contributed by atoms with Gasteiger partial charge in [-0.2, -0.15) is 5.26 Å². The van der Waals surface area contributed by atoms with E-state index >= 15 is 0 Å². The van der Waals surface area contributed by atoms with Crippen molar-refractivity contribution in [2.75, 3.05) is 13.7 Å². The van der Waals surface area contributed by atoms with Gasteiger partial charge < -0.3 is 10.1 Å². The van der Waals surface area contributed by atoms with E-state index in [2.05, 4.69) is 5.32 Å². The van der Waals surface area contributed by atoms with Gasteiger partial charge in [-0.05, 0) is 17.7 Å². The highest BCUT2D eigenvalue weighted by Gasteiger charge is 2.24. The molecule has 5 heteroatoms. The molecule has 0 aliphatic carbocycles. The van der Waals surface area contributed by atoms with Gasteiger partial charge in [0.1, 0.15) is 5.75 Å². The molecule has 1 N–H and O–H groups in total. The number of hydrogen-bond donors (Lipinski definition) is 1. The number of rotatable bonds is 4. The van der Waals surface area contributed by atoms with Crippen LogP contribution in [0, 0.1) is 11.3 Å². The molecule has 1 aromatic carbocycles. The predicted molar refractivity (Wildman–Crippen MR) is 69.7 cm³/mol. The lowest BCUT2D eigenvalue weighted by Crippen LogP contribution is -2.36. The lowest BCUT2D eigenvalue weighted by atomic mass is 9.84. The van der Waals surface area contributed by atoms with Crippen molar-refractivity contribution in [1.82, 2.24) is 5.32 Å². The molecule has 0 bridgehead atoms. The standard InChI is InChI=1S/C13H15ClN2O2/c1-13(2,8-16-12(17)7-15)10-5-4-9(18-3)6-11(10)14/h4-6H,8H2,1-3H3,(H,16,17). The van der Waals surface area contributed by atoms with Crippen LogP contribution in [0.1, 0.15) is 19.4 Å². The van der Waals surface area contributed by atoms with Gasteiger partial charge in [-0.1, -0.05) is 31.5 Å². The van der Waals surface area contributed by atoms with Crippen LogP contribution in [0.5, 0.6) is 5.75 Å². The highest BCUT2D eigenvalue weighted by molar-refractivity contribution is 6.31. The van der Waals surface area contributed by atoms with Crippen molar-refractivity contribution in [1.29, 1.82) is 5.26 Å². The van der Waals surface area contributed by atoms with E-state index in [0.29, 0.717) is 17.3 Å². The Morgan fingerprint density at radius 3 is 2.72 bits per heavy atom. The van der Waals surface area contributed by atoms with Gasteiger partial charge in [-0.15, -0.1) is 0 Å². The van der Waals surface area contributed by atoms with E-state index in [1.54, 1.807) is 13.2 Å². The third kappa shape index (κ3) is 3.38. The van der Waals surface area contributed by atoms with Crippen molar-refractivity contribution in [2.24, 2.45) is 0 Å². The maximum atomic E-state index is 10.9. The first-order chi connectivity index (χ1) is 8.40.